The summed E-state index contributed by atoms with van der Waals surface area (Å²) in [5.41, 5.74) is 5.54. The van der Waals surface area contributed by atoms with Gasteiger partial charge in [-0.25, -0.2) is 4.98 Å². The van der Waals surface area contributed by atoms with E-state index in [1.807, 2.05) is 0 Å². The van der Waals surface area contributed by atoms with Gasteiger partial charge in [0, 0.05) is 12.7 Å². The van der Waals surface area contributed by atoms with E-state index in [0.29, 0.717) is 11.5 Å². The normalized spacial score (nSPS) is 10.3. The van der Waals surface area contributed by atoms with E-state index in [1.165, 1.54) is 6.20 Å². The predicted molar refractivity (Wildman–Crippen MR) is 60.7 cm³/mol. The molecule has 1 heterocycles. The number of carbonyl (C=O) groups excluding carboxylic acids is 1. The van der Waals surface area contributed by atoms with Gasteiger partial charge in [-0.2, -0.15) is 0 Å². The molecule has 3 N–H and O–H groups in total. The number of nitrogens with one attached hydrogen (secondary N) is 1. The Morgan fingerprint density at radius 1 is 1.53 bits per heavy atom. The highest BCUT2D eigenvalue weighted by molar-refractivity contribution is 5.92. The summed E-state index contributed by atoms with van der Waals surface area (Å²) >= 11 is 0. The number of aromatic nitrogens is 1. The second kappa shape index (κ2) is 5.34. The molecule has 1 rings (SSSR count). The first-order chi connectivity index (χ1) is 7.09. The zero-order valence-corrected chi connectivity index (χ0v) is 9.16. The molecule has 0 spiro atoms. The lowest BCUT2D eigenvalue weighted by Gasteiger charge is -2.07. The maximum absolute atomic E-state index is 10.8. The van der Waals surface area contributed by atoms with Gasteiger partial charge in [0.25, 0.3) is 0 Å². The van der Waals surface area contributed by atoms with Gasteiger partial charge >= 0.3 is 0 Å². The summed E-state index contributed by atoms with van der Waals surface area (Å²) in [6.45, 7) is 5.23. The van der Waals surface area contributed by atoms with Crippen LogP contribution in [-0.4, -0.2) is 17.4 Å². The van der Waals surface area contributed by atoms with Crippen LogP contribution in [0.1, 0.15) is 30.6 Å². The second-order valence-electron chi connectivity index (χ2n) is 3.91. The molecule has 0 atom stereocenters. The van der Waals surface area contributed by atoms with Crippen LogP contribution in [0.3, 0.4) is 0 Å². The Morgan fingerprint density at radius 3 is 2.73 bits per heavy atom. The summed E-state index contributed by atoms with van der Waals surface area (Å²) in [6, 6.07) is 3.44. The van der Waals surface area contributed by atoms with E-state index >= 15 is 0 Å². The number of anilines is 1. The Hall–Kier alpha value is -1.58. The van der Waals surface area contributed by atoms with Crippen LogP contribution in [0.25, 0.3) is 0 Å². The zero-order valence-electron chi connectivity index (χ0n) is 9.16. The first-order valence-corrected chi connectivity index (χ1v) is 5.09. The quantitative estimate of drug-likeness (QED) is 0.771. The van der Waals surface area contributed by atoms with E-state index in [2.05, 4.69) is 24.1 Å². The monoisotopic (exact) mass is 207 g/mol. The molecule has 0 aliphatic carbocycles. The summed E-state index contributed by atoms with van der Waals surface area (Å²) < 4.78 is 0. The molecule has 1 amide bonds. The fourth-order valence-electron chi connectivity index (χ4n) is 1.13. The molecule has 0 radical (unpaired) electrons. The van der Waals surface area contributed by atoms with Gasteiger partial charge in [0.2, 0.25) is 5.91 Å². The van der Waals surface area contributed by atoms with Crippen LogP contribution < -0.4 is 11.1 Å². The van der Waals surface area contributed by atoms with Crippen LogP contribution >= 0.6 is 0 Å². The zero-order chi connectivity index (χ0) is 11.3. The van der Waals surface area contributed by atoms with E-state index < -0.39 is 5.91 Å². The molecule has 0 aliphatic heterocycles. The van der Waals surface area contributed by atoms with Gasteiger partial charge in [0.1, 0.15) is 5.82 Å². The highest BCUT2D eigenvalue weighted by Gasteiger charge is 2.00. The summed E-state index contributed by atoms with van der Waals surface area (Å²) in [6.07, 6.45) is 2.58. The second-order valence-corrected chi connectivity index (χ2v) is 3.91. The van der Waals surface area contributed by atoms with Crippen LogP contribution in [0.4, 0.5) is 5.82 Å². The van der Waals surface area contributed by atoms with E-state index in [1.54, 1.807) is 12.1 Å². The third-order valence-corrected chi connectivity index (χ3v) is 2.08. The summed E-state index contributed by atoms with van der Waals surface area (Å²) in [5.74, 6) is 0.999. The van der Waals surface area contributed by atoms with Crippen molar-refractivity contribution in [1.82, 2.24) is 4.98 Å². The molecule has 1 aromatic heterocycles. The van der Waals surface area contributed by atoms with Crippen molar-refractivity contribution < 1.29 is 4.79 Å². The molecule has 0 aliphatic rings. The molecule has 0 saturated carbocycles. The number of hydrogen-bond donors (Lipinski definition) is 2. The first kappa shape index (κ1) is 11.5. The molecule has 0 unspecified atom stereocenters. The average Bonchev–Trinajstić information content (AvgIpc) is 2.18. The van der Waals surface area contributed by atoms with Crippen molar-refractivity contribution in [2.45, 2.75) is 20.3 Å². The Kier molecular flexibility index (Phi) is 4.09. The minimum Gasteiger partial charge on any atom is -0.370 e. The van der Waals surface area contributed by atoms with Gasteiger partial charge in [0.15, 0.2) is 0 Å². The number of nitrogens with two attached hydrogens (primary N) is 1. The minimum atomic E-state index is -0.448. The Balaban J connectivity index is 2.46. The minimum absolute atomic E-state index is 0.435. The van der Waals surface area contributed by atoms with Gasteiger partial charge in [-0.3, -0.25) is 4.79 Å². The lowest BCUT2D eigenvalue weighted by atomic mass is 10.1. The molecule has 0 fully saturated rings. The van der Waals surface area contributed by atoms with Crippen LogP contribution in [0.2, 0.25) is 0 Å². The van der Waals surface area contributed by atoms with Crippen molar-refractivity contribution >= 4 is 11.7 Å². The molecule has 0 bridgehead atoms. The summed E-state index contributed by atoms with van der Waals surface area (Å²) in [4.78, 5) is 14.9. The van der Waals surface area contributed by atoms with Gasteiger partial charge in [0.05, 0.1) is 5.56 Å². The maximum Gasteiger partial charge on any atom is 0.250 e. The Labute approximate surface area is 89.9 Å². The molecular weight excluding hydrogens is 190 g/mol. The number of amides is 1. The van der Waals surface area contributed by atoms with Crippen molar-refractivity contribution in [3.63, 3.8) is 0 Å². The number of rotatable bonds is 5. The van der Waals surface area contributed by atoms with Crippen LogP contribution in [-0.2, 0) is 0 Å². The molecule has 4 heteroatoms. The average molecular weight is 207 g/mol. The molecule has 4 nitrogen and oxygen atoms in total. The smallest absolute Gasteiger partial charge is 0.250 e. The highest BCUT2D eigenvalue weighted by Crippen LogP contribution is 2.06. The number of nitrogens with zero attached hydrogens (tertiary/aromatic N) is 1. The van der Waals surface area contributed by atoms with Gasteiger partial charge in [-0.1, -0.05) is 13.8 Å². The summed E-state index contributed by atoms with van der Waals surface area (Å²) in [5, 5.41) is 3.18. The fraction of sp³-hybridized carbons (Fsp3) is 0.455. The van der Waals surface area contributed by atoms with Crippen molar-refractivity contribution in [3.05, 3.63) is 23.9 Å². The lowest BCUT2D eigenvalue weighted by molar-refractivity contribution is 0.1000. The lowest BCUT2D eigenvalue weighted by Crippen LogP contribution is -2.12. The number of hydrogen-bond acceptors (Lipinski definition) is 3. The number of primary amides is 1. The third-order valence-electron chi connectivity index (χ3n) is 2.08. The van der Waals surface area contributed by atoms with E-state index in [4.69, 9.17) is 5.73 Å². The Morgan fingerprint density at radius 2 is 2.27 bits per heavy atom. The third kappa shape index (κ3) is 3.97. The van der Waals surface area contributed by atoms with Crippen molar-refractivity contribution in [3.8, 4) is 0 Å². The summed E-state index contributed by atoms with van der Waals surface area (Å²) in [7, 11) is 0. The van der Waals surface area contributed by atoms with E-state index in [0.717, 1.165) is 18.8 Å². The van der Waals surface area contributed by atoms with Crippen molar-refractivity contribution in [1.29, 1.82) is 0 Å². The van der Waals surface area contributed by atoms with Crippen LogP contribution in [0, 0.1) is 5.92 Å². The first-order valence-electron chi connectivity index (χ1n) is 5.09. The number of carbonyl (C=O) groups is 1. The molecular formula is C11H17N3O. The molecule has 15 heavy (non-hydrogen) atoms. The van der Waals surface area contributed by atoms with Gasteiger partial charge in [-0.05, 0) is 24.5 Å². The number of pyridine rings is 1. The predicted octanol–water partition coefficient (Wildman–Crippen LogP) is 1.64. The van der Waals surface area contributed by atoms with E-state index in [-0.39, 0.29) is 0 Å². The maximum atomic E-state index is 10.8. The molecule has 0 aromatic carbocycles. The molecule has 0 saturated heterocycles. The topological polar surface area (TPSA) is 68.0 Å². The van der Waals surface area contributed by atoms with E-state index in [9.17, 15) is 4.79 Å². The largest absolute Gasteiger partial charge is 0.370 e. The standard InChI is InChI=1S/C11H17N3O/c1-8(2)5-6-13-10-4-3-9(7-14-10)11(12)15/h3-4,7-8H,5-6H2,1-2H3,(H2,12,15)(H,13,14). The highest BCUT2D eigenvalue weighted by atomic mass is 16.1. The molecule has 1 aromatic rings. The SMILES string of the molecule is CC(C)CCNc1ccc(C(N)=O)cn1. The van der Waals surface area contributed by atoms with Gasteiger partial charge in [-0.15, -0.1) is 0 Å². The van der Waals surface area contributed by atoms with Crippen molar-refractivity contribution in [2.75, 3.05) is 11.9 Å². The van der Waals surface area contributed by atoms with Crippen LogP contribution in [0.5, 0.6) is 0 Å². The van der Waals surface area contributed by atoms with Gasteiger partial charge < -0.3 is 11.1 Å². The van der Waals surface area contributed by atoms with Crippen molar-refractivity contribution in [2.24, 2.45) is 11.7 Å². The Bertz CT molecular complexity index is 319. The molecule has 82 valence electrons. The van der Waals surface area contributed by atoms with Crippen LogP contribution in [0.15, 0.2) is 18.3 Å². The fourth-order valence-corrected chi connectivity index (χ4v) is 1.13.